The van der Waals surface area contributed by atoms with E-state index in [1.165, 1.54) is 0 Å². The molecule has 5 heteroatoms. The summed E-state index contributed by atoms with van der Waals surface area (Å²) >= 11 is 0. The summed E-state index contributed by atoms with van der Waals surface area (Å²) in [5.41, 5.74) is 0. The van der Waals surface area contributed by atoms with Crippen LogP contribution in [0.15, 0.2) is 0 Å². The lowest BCUT2D eigenvalue weighted by Gasteiger charge is -2.35. The number of hydrogen-bond acceptors (Lipinski definition) is 4. The Morgan fingerprint density at radius 1 is 1.21 bits per heavy atom. The van der Waals surface area contributed by atoms with E-state index >= 15 is 0 Å². The lowest BCUT2D eigenvalue weighted by atomic mass is 9.90. The fourth-order valence-corrected chi connectivity index (χ4v) is 2.97. The Morgan fingerprint density at radius 3 is 2.32 bits per heavy atom. The van der Waals surface area contributed by atoms with E-state index in [2.05, 4.69) is 5.32 Å². The minimum atomic E-state index is -0.305. The maximum absolute atomic E-state index is 11.9. The molecule has 1 spiro atoms. The van der Waals surface area contributed by atoms with Crippen LogP contribution < -0.4 is 5.32 Å². The Kier molecular flexibility index (Phi) is 5.19. The maximum Gasteiger partial charge on any atom is 0.236 e. The highest BCUT2D eigenvalue weighted by Gasteiger charge is 2.40. The lowest BCUT2D eigenvalue weighted by Crippen LogP contribution is -2.46. The molecule has 0 unspecified atom stereocenters. The van der Waals surface area contributed by atoms with Crippen molar-refractivity contribution in [3.05, 3.63) is 0 Å². The third-order valence-electron chi connectivity index (χ3n) is 4.22. The molecule has 0 atom stereocenters. The third kappa shape index (κ3) is 3.68. The molecule has 2 fully saturated rings. The number of rotatable bonds is 5. The number of amides is 1. The van der Waals surface area contributed by atoms with Gasteiger partial charge in [0.25, 0.3) is 0 Å². The SMILES string of the molecule is CCN(CC)C(=O)CNC1CCC2(CC1)OCCO2. The highest BCUT2D eigenvalue weighted by atomic mass is 16.7. The smallest absolute Gasteiger partial charge is 0.236 e. The molecule has 1 aliphatic carbocycles. The Morgan fingerprint density at radius 2 is 1.79 bits per heavy atom. The first-order valence-electron chi connectivity index (χ1n) is 7.48. The Labute approximate surface area is 115 Å². The molecular weight excluding hydrogens is 244 g/mol. The summed E-state index contributed by atoms with van der Waals surface area (Å²) in [6.07, 6.45) is 3.91. The summed E-state index contributed by atoms with van der Waals surface area (Å²) in [4.78, 5) is 13.8. The molecule has 0 aromatic carbocycles. The summed E-state index contributed by atoms with van der Waals surface area (Å²) in [5.74, 6) is -0.111. The molecule has 1 N–H and O–H groups in total. The van der Waals surface area contributed by atoms with Crippen LogP contribution in [0.25, 0.3) is 0 Å². The average molecular weight is 270 g/mol. The van der Waals surface area contributed by atoms with Gasteiger partial charge in [0.1, 0.15) is 0 Å². The van der Waals surface area contributed by atoms with Gasteiger partial charge in [0, 0.05) is 32.0 Å². The number of carbonyl (C=O) groups is 1. The molecular formula is C14H26N2O3. The van der Waals surface area contributed by atoms with E-state index in [4.69, 9.17) is 9.47 Å². The Balaban J connectivity index is 1.69. The number of nitrogens with one attached hydrogen (secondary N) is 1. The summed E-state index contributed by atoms with van der Waals surface area (Å²) < 4.78 is 11.4. The van der Waals surface area contributed by atoms with Crippen molar-refractivity contribution in [2.45, 2.75) is 51.4 Å². The molecule has 0 radical (unpaired) electrons. The topological polar surface area (TPSA) is 50.8 Å². The van der Waals surface area contributed by atoms with E-state index in [1.807, 2.05) is 18.7 Å². The highest BCUT2D eigenvalue weighted by Crippen LogP contribution is 2.35. The van der Waals surface area contributed by atoms with Crippen molar-refractivity contribution >= 4 is 5.91 Å². The third-order valence-corrected chi connectivity index (χ3v) is 4.22. The van der Waals surface area contributed by atoms with Crippen LogP contribution in [-0.2, 0) is 14.3 Å². The van der Waals surface area contributed by atoms with Gasteiger partial charge < -0.3 is 19.7 Å². The van der Waals surface area contributed by atoms with Crippen LogP contribution in [0.1, 0.15) is 39.5 Å². The van der Waals surface area contributed by atoms with Crippen molar-refractivity contribution in [2.24, 2.45) is 0 Å². The number of likely N-dealkylation sites (N-methyl/N-ethyl adjacent to an activating group) is 1. The first-order chi connectivity index (χ1) is 9.19. The number of hydrogen-bond donors (Lipinski definition) is 1. The van der Waals surface area contributed by atoms with Gasteiger partial charge in [-0.25, -0.2) is 0 Å². The summed E-state index contributed by atoms with van der Waals surface area (Å²) in [7, 11) is 0. The van der Waals surface area contributed by atoms with Crippen molar-refractivity contribution in [3.63, 3.8) is 0 Å². The highest BCUT2D eigenvalue weighted by molar-refractivity contribution is 5.78. The molecule has 2 aliphatic rings. The van der Waals surface area contributed by atoms with Gasteiger partial charge in [-0.1, -0.05) is 0 Å². The predicted octanol–water partition coefficient (Wildman–Crippen LogP) is 1.13. The molecule has 1 heterocycles. The van der Waals surface area contributed by atoms with Gasteiger partial charge in [0.2, 0.25) is 5.91 Å². The van der Waals surface area contributed by atoms with Gasteiger partial charge in [0.15, 0.2) is 5.79 Å². The molecule has 0 bridgehead atoms. The summed E-state index contributed by atoms with van der Waals surface area (Å²) in [6, 6.07) is 0.415. The van der Waals surface area contributed by atoms with E-state index in [1.54, 1.807) is 0 Å². The fraction of sp³-hybridized carbons (Fsp3) is 0.929. The quantitative estimate of drug-likeness (QED) is 0.813. The molecule has 5 nitrogen and oxygen atoms in total. The van der Waals surface area contributed by atoms with Crippen molar-refractivity contribution in [1.82, 2.24) is 10.2 Å². The van der Waals surface area contributed by atoms with Crippen LogP contribution in [0.4, 0.5) is 0 Å². The maximum atomic E-state index is 11.9. The van der Waals surface area contributed by atoms with Gasteiger partial charge in [-0.2, -0.15) is 0 Å². The standard InChI is InChI=1S/C14H26N2O3/c1-3-16(4-2)13(17)11-15-12-5-7-14(8-6-12)18-9-10-19-14/h12,15H,3-11H2,1-2H3. The van der Waals surface area contributed by atoms with Crippen LogP contribution in [0.2, 0.25) is 0 Å². The molecule has 110 valence electrons. The zero-order valence-corrected chi connectivity index (χ0v) is 12.1. The Hall–Kier alpha value is -0.650. The number of carbonyl (C=O) groups excluding carboxylic acids is 1. The predicted molar refractivity (Wildman–Crippen MR) is 72.8 cm³/mol. The first-order valence-corrected chi connectivity index (χ1v) is 7.48. The molecule has 0 aromatic rings. The van der Waals surface area contributed by atoms with Crippen LogP contribution in [-0.4, -0.2) is 55.5 Å². The molecule has 1 saturated carbocycles. The van der Waals surface area contributed by atoms with Crippen molar-refractivity contribution in [2.75, 3.05) is 32.8 Å². The lowest BCUT2D eigenvalue weighted by molar-refractivity contribution is -0.179. The second-order valence-electron chi connectivity index (χ2n) is 5.33. The largest absolute Gasteiger partial charge is 0.348 e. The summed E-state index contributed by atoms with van der Waals surface area (Å²) in [5, 5.41) is 3.37. The normalized spacial score (nSPS) is 22.8. The number of nitrogens with zero attached hydrogens (tertiary/aromatic N) is 1. The molecule has 0 aromatic heterocycles. The first kappa shape index (κ1) is 14.8. The van der Waals surface area contributed by atoms with Crippen LogP contribution in [0.5, 0.6) is 0 Å². The van der Waals surface area contributed by atoms with Gasteiger partial charge in [-0.05, 0) is 26.7 Å². The zero-order valence-electron chi connectivity index (χ0n) is 12.1. The van der Waals surface area contributed by atoms with Gasteiger partial charge in [-0.15, -0.1) is 0 Å². The molecule has 2 rings (SSSR count). The van der Waals surface area contributed by atoms with E-state index in [9.17, 15) is 4.79 Å². The summed E-state index contributed by atoms with van der Waals surface area (Å²) in [6.45, 7) is 7.48. The van der Waals surface area contributed by atoms with E-state index in [-0.39, 0.29) is 11.7 Å². The zero-order chi connectivity index (χ0) is 13.7. The van der Waals surface area contributed by atoms with Crippen molar-refractivity contribution < 1.29 is 14.3 Å². The Bertz CT molecular complexity index is 289. The molecule has 1 amide bonds. The minimum absolute atomic E-state index is 0.193. The number of ether oxygens (including phenoxy) is 2. The monoisotopic (exact) mass is 270 g/mol. The molecule has 1 saturated heterocycles. The van der Waals surface area contributed by atoms with Crippen molar-refractivity contribution in [3.8, 4) is 0 Å². The average Bonchev–Trinajstić information content (AvgIpc) is 2.88. The van der Waals surface area contributed by atoms with E-state index < -0.39 is 0 Å². The second kappa shape index (κ2) is 6.68. The van der Waals surface area contributed by atoms with Gasteiger partial charge in [0.05, 0.1) is 19.8 Å². The van der Waals surface area contributed by atoms with Crippen molar-refractivity contribution in [1.29, 1.82) is 0 Å². The van der Waals surface area contributed by atoms with Crippen LogP contribution >= 0.6 is 0 Å². The van der Waals surface area contributed by atoms with Gasteiger partial charge in [-0.3, -0.25) is 4.79 Å². The van der Waals surface area contributed by atoms with E-state index in [0.717, 1.165) is 52.0 Å². The molecule has 19 heavy (non-hydrogen) atoms. The molecule has 1 aliphatic heterocycles. The van der Waals surface area contributed by atoms with Crippen LogP contribution in [0, 0.1) is 0 Å². The fourth-order valence-electron chi connectivity index (χ4n) is 2.97. The van der Waals surface area contributed by atoms with Gasteiger partial charge >= 0.3 is 0 Å². The minimum Gasteiger partial charge on any atom is -0.348 e. The second-order valence-corrected chi connectivity index (χ2v) is 5.33. The van der Waals surface area contributed by atoms with E-state index in [0.29, 0.717) is 12.6 Å². The van der Waals surface area contributed by atoms with Crippen LogP contribution in [0.3, 0.4) is 0 Å².